The lowest BCUT2D eigenvalue weighted by molar-refractivity contribution is -0.138. The van der Waals surface area contributed by atoms with Crippen LogP contribution in [0.5, 0.6) is 5.75 Å². The minimum atomic E-state index is -0.738. The standard InChI is InChI=1S/C13H15BrO3/c1-9-6-10(2-3-11(9)14)17-8-13(4-5-13)7-12(15)16/h2-3,6H,4-5,7-8H2,1H3,(H,15,16). The van der Waals surface area contributed by atoms with Crippen molar-refractivity contribution in [2.24, 2.45) is 5.41 Å². The Bertz CT molecular complexity index is 438. The highest BCUT2D eigenvalue weighted by Crippen LogP contribution is 2.49. The molecule has 1 aliphatic carbocycles. The molecule has 1 aliphatic rings. The highest BCUT2D eigenvalue weighted by atomic mass is 79.9. The van der Waals surface area contributed by atoms with Crippen molar-refractivity contribution in [2.45, 2.75) is 26.2 Å². The van der Waals surface area contributed by atoms with Crippen molar-refractivity contribution in [2.75, 3.05) is 6.61 Å². The Morgan fingerprint density at radius 1 is 1.53 bits per heavy atom. The molecule has 1 aromatic rings. The van der Waals surface area contributed by atoms with Crippen molar-refractivity contribution < 1.29 is 14.6 Å². The third kappa shape index (κ3) is 3.22. The number of carboxylic acids is 1. The largest absolute Gasteiger partial charge is 0.493 e. The number of carboxylic acid groups (broad SMARTS) is 1. The van der Waals surface area contributed by atoms with Crippen LogP contribution in [0, 0.1) is 12.3 Å². The zero-order valence-corrected chi connectivity index (χ0v) is 11.3. The van der Waals surface area contributed by atoms with E-state index in [0.717, 1.165) is 28.6 Å². The average Bonchev–Trinajstić information content (AvgIpc) is 2.99. The third-order valence-corrected chi connectivity index (χ3v) is 4.05. The number of aryl methyl sites for hydroxylation is 1. The van der Waals surface area contributed by atoms with Gasteiger partial charge in [0.25, 0.3) is 0 Å². The van der Waals surface area contributed by atoms with Gasteiger partial charge in [0.05, 0.1) is 13.0 Å². The van der Waals surface area contributed by atoms with Gasteiger partial charge in [0, 0.05) is 9.89 Å². The second kappa shape index (κ2) is 4.69. The lowest BCUT2D eigenvalue weighted by Crippen LogP contribution is -2.17. The van der Waals surface area contributed by atoms with E-state index in [-0.39, 0.29) is 11.8 Å². The van der Waals surface area contributed by atoms with Crippen molar-refractivity contribution in [3.8, 4) is 5.75 Å². The molecule has 0 aromatic heterocycles. The van der Waals surface area contributed by atoms with Gasteiger partial charge in [-0.15, -0.1) is 0 Å². The van der Waals surface area contributed by atoms with E-state index in [4.69, 9.17) is 9.84 Å². The Balaban J connectivity index is 1.94. The van der Waals surface area contributed by atoms with Crippen LogP contribution in [0.3, 0.4) is 0 Å². The number of benzene rings is 1. The Labute approximate surface area is 109 Å². The van der Waals surface area contributed by atoms with Crippen LogP contribution < -0.4 is 4.74 Å². The molecule has 4 heteroatoms. The van der Waals surface area contributed by atoms with Crippen LogP contribution in [0.4, 0.5) is 0 Å². The van der Waals surface area contributed by atoms with E-state index in [1.165, 1.54) is 0 Å². The number of hydrogen-bond donors (Lipinski definition) is 1. The Kier molecular flexibility index (Phi) is 3.43. The van der Waals surface area contributed by atoms with Crippen molar-refractivity contribution in [1.29, 1.82) is 0 Å². The van der Waals surface area contributed by atoms with Gasteiger partial charge >= 0.3 is 5.97 Å². The number of halogens is 1. The van der Waals surface area contributed by atoms with Crippen LogP contribution in [-0.4, -0.2) is 17.7 Å². The maximum Gasteiger partial charge on any atom is 0.304 e. The fourth-order valence-corrected chi connectivity index (χ4v) is 2.06. The molecule has 0 unspecified atom stereocenters. The molecule has 0 heterocycles. The third-order valence-electron chi connectivity index (χ3n) is 3.16. The summed E-state index contributed by atoms with van der Waals surface area (Å²) >= 11 is 3.43. The Hall–Kier alpha value is -1.03. The van der Waals surface area contributed by atoms with Gasteiger partial charge in [-0.1, -0.05) is 15.9 Å². The fourth-order valence-electron chi connectivity index (χ4n) is 1.81. The normalized spacial score (nSPS) is 16.6. The van der Waals surface area contributed by atoms with Gasteiger partial charge in [-0.05, 0) is 43.5 Å². The molecule has 3 nitrogen and oxygen atoms in total. The lowest BCUT2D eigenvalue weighted by Gasteiger charge is -2.14. The maximum absolute atomic E-state index is 10.7. The van der Waals surface area contributed by atoms with E-state index in [9.17, 15) is 4.79 Å². The first-order valence-corrected chi connectivity index (χ1v) is 6.41. The van der Waals surface area contributed by atoms with E-state index in [1.54, 1.807) is 0 Å². The molecule has 0 saturated heterocycles. The molecular formula is C13H15BrO3. The van der Waals surface area contributed by atoms with E-state index in [2.05, 4.69) is 15.9 Å². The quantitative estimate of drug-likeness (QED) is 0.906. The minimum Gasteiger partial charge on any atom is -0.493 e. The summed E-state index contributed by atoms with van der Waals surface area (Å²) in [5.41, 5.74) is 0.998. The molecule has 1 saturated carbocycles. The van der Waals surface area contributed by atoms with Crippen molar-refractivity contribution in [1.82, 2.24) is 0 Å². The first kappa shape index (κ1) is 12.4. The second-order valence-electron chi connectivity index (χ2n) is 4.77. The number of hydrogen-bond acceptors (Lipinski definition) is 2. The molecular weight excluding hydrogens is 284 g/mol. The van der Waals surface area contributed by atoms with Gasteiger partial charge in [-0.25, -0.2) is 0 Å². The number of ether oxygens (including phenoxy) is 1. The summed E-state index contributed by atoms with van der Waals surface area (Å²) in [6.45, 7) is 2.50. The molecule has 17 heavy (non-hydrogen) atoms. The first-order chi connectivity index (χ1) is 8.01. The summed E-state index contributed by atoms with van der Waals surface area (Å²) in [7, 11) is 0. The molecule has 0 spiro atoms. The smallest absolute Gasteiger partial charge is 0.304 e. The molecule has 0 bridgehead atoms. The van der Waals surface area contributed by atoms with Crippen molar-refractivity contribution >= 4 is 21.9 Å². The van der Waals surface area contributed by atoms with E-state index in [0.29, 0.717) is 6.61 Å². The molecule has 0 radical (unpaired) electrons. The van der Waals surface area contributed by atoms with Crippen molar-refractivity contribution in [3.63, 3.8) is 0 Å². The van der Waals surface area contributed by atoms with E-state index < -0.39 is 5.97 Å². The predicted molar refractivity (Wildman–Crippen MR) is 68.3 cm³/mol. The number of aliphatic carboxylic acids is 1. The monoisotopic (exact) mass is 298 g/mol. The van der Waals surface area contributed by atoms with Crippen molar-refractivity contribution in [3.05, 3.63) is 28.2 Å². The summed E-state index contributed by atoms with van der Waals surface area (Å²) < 4.78 is 6.74. The summed E-state index contributed by atoms with van der Waals surface area (Å²) in [4.78, 5) is 10.7. The van der Waals surface area contributed by atoms with Gasteiger partial charge < -0.3 is 9.84 Å². The molecule has 0 aliphatic heterocycles. The molecule has 92 valence electrons. The summed E-state index contributed by atoms with van der Waals surface area (Å²) in [5, 5.41) is 8.81. The van der Waals surface area contributed by atoms with Crippen LogP contribution in [0.2, 0.25) is 0 Å². The molecule has 2 rings (SSSR count). The maximum atomic E-state index is 10.7. The van der Waals surface area contributed by atoms with E-state index >= 15 is 0 Å². The van der Waals surface area contributed by atoms with Crippen LogP contribution in [0.25, 0.3) is 0 Å². The highest BCUT2D eigenvalue weighted by Gasteiger charge is 2.45. The Morgan fingerprint density at radius 3 is 2.76 bits per heavy atom. The minimum absolute atomic E-state index is 0.118. The van der Waals surface area contributed by atoms with Gasteiger partial charge in [-0.3, -0.25) is 4.79 Å². The van der Waals surface area contributed by atoms with Crippen LogP contribution in [0.15, 0.2) is 22.7 Å². The molecule has 0 amide bonds. The van der Waals surface area contributed by atoms with Crippen LogP contribution in [-0.2, 0) is 4.79 Å². The van der Waals surface area contributed by atoms with E-state index in [1.807, 2.05) is 25.1 Å². The average molecular weight is 299 g/mol. The summed E-state index contributed by atoms with van der Waals surface area (Å²) in [5.74, 6) is 0.0699. The zero-order chi connectivity index (χ0) is 12.5. The lowest BCUT2D eigenvalue weighted by atomic mass is 10.0. The van der Waals surface area contributed by atoms with Gasteiger partial charge in [0.2, 0.25) is 0 Å². The molecule has 1 fully saturated rings. The number of carbonyl (C=O) groups is 1. The van der Waals surface area contributed by atoms with Gasteiger partial charge in [0.15, 0.2) is 0 Å². The highest BCUT2D eigenvalue weighted by molar-refractivity contribution is 9.10. The number of rotatable bonds is 5. The summed E-state index contributed by atoms with van der Waals surface area (Å²) in [6.07, 6.45) is 2.12. The zero-order valence-electron chi connectivity index (χ0n) is 9.70. The summed E-state index contributed by atoms with van der Waals surface area (Å²) in [6, 6.07) is 5.80. The molecule has 0 atom stereocenters. The first-order valence-electron chi connectivity index (χ1n) is 5.62. The van der Waals surface area contributed by atoms with Gasteiger partial charge in [0.1, 0.15) is 5.75 Å². The fraction of sp³-hybridized carbons (Fsp3) is 0.462. The molecule has 1 aromatic carbocycles. The second-order valence-corrected chi connectivity index (χ2v) is 5.62. The van der Waals surface area contributed by atoms with Crippen LogP contribution in [0.1, 0.15) is 24.8 Å². The van der Waals surface area contributed by atoms with Crippen LogP contribution >= 0.6 is 15.9 Å². The molecule has 1 N–H and O–H groups in total. The van der Waals surface area contributed by atoms with Gasteiger partial charge in [-0.2, -0.15) is 0 Å². The topological polar surface area (TPSA) is 46.5 Å². The predicted octanol–water partition coefficient (Wildman–Crippen LogP) is 3.39. The SMILES string of the molecule is Cc1cc(OCC2(CC(=O)O)CC2)ccc1Br. The Morgan fingerprint density at radius 2 is 2.24 bits per heavy atom.